The fraction of sp³-hybridized carbons (Fsp3) is 0.231. The number of carbonyl (C=O) groups is 2. The number of amidine groups is 1. The van der Waals surface area contributed by atoms with Gasteiger partial charge in [-0.15, -0.1) is 0 Å². The molecule has 1 aliphatic heterocycles. The van der Waals surface area contributed by atoms with Gasteiger partial charge in [0.2, 0.25) is 0 Å². The zero-order chi connectivity index (χ0) is 25.8. The van der Waals surface area contributed by atoms with E-state index in [-0.39, 0.29) is 11.1 Å². The van der Waals surface area contributed by atoms with Crippen molar-refractivity contribution < 1.29 is 23.8 Å². The molecule has 2 heterocycles. The molecular weight excluding hydrogens is 480 g/mol. The van der Waals surface area contributed by atoms with Gasteiger partial charge in [-0.3, -0.25) is 5.43 Å². The first-order valence-corrected chi connectivity index (χ1v) is 12.0. The van der Waals surface area contributed by atoms with Gasteiger partial charge in [0.25, 0.3) is 0 Å². The van der Waals surface area contributed by atoms with E-state index in [0.29, 0.717) is 16.6 Å². The molecule has 9 nitrogen and oxygen atoms in total. The van der Waals surface area contributed by atoms with Crippen LogP contribution >= 0.6 is 11.8 Å². The Balaban J connectivity index is 1.65. The summed E-state index contributed by atoms with van der Waals surface area (Å²) in [7, 11) is 4.23. The van der Waals surface area contributed by atoms with Crippen LogP contribution in [0.4, 0.5) is 5.69 Å². The third-order valence-electron chi connectivity index (χ3n) is 5.70. The molecule has 0 spiro atoms. The fourth-order valence-corrected chi connectivity index (χ4v) is 4.72. The van der Waals surface area contributed by atoms with Crippen molar-refractivity contribution in [3.05, 3.63) is 76.6 Å². The Morgan fingerprint density at radius 1 is 0.972 bits per heavy atom. The van der Waals surface area contributed by atoms with Crippen LogP contribution in [-0.2, 0) is 9.47 Å². The van der Waals surface area contributed by atoms with Gasteiger partial charge in [0.1, 0.15) is 5.75 Å². The van der Waals surface area contributed by atoms with Crippen molar-refractivity contribution in [2.24, 2.45) is 10.1 Å². The molecule has 0 fully saturated rings. The fourth-order valence-electron chi connectivity index (χ4n) is 3.95. The van der Waals surface area contributed by atoms with Gasteiger partial charge in [0, 0.05) is 28.4 Å². The Kier molecular flexibility index (Phi) is 7.44. The molecule has 4 rings (SSSR count). The largest absolute Gasteiger partial charge is 0.497 e. The maximum absolute atomic E-state index is 12.2. The standard InChI is InChI=1S/C26H26N4O5S/c1-15-10-22(23-14-36-26(29-28-23)27-19-6-8-21(33-3)9-7-19)16(2)30(15)20-12-17(24(31)34-4)11-18(13-20)25(32)35-5/h6-13H,14H2,1-5H3,(H,27,29). The van der Waals surface area contributed by atoms with Crippen molar-refractivity contribution in [3.8, 4) is 11.4 Å². The van der Waals surface area contributed by atoms with Crippen molar-refractivity contribution in [2.45, 2.75) is 13.8 Å². The summed E-state index contributed by atoms with van der Waals surface area (Å²) in [4.78, 5) is 29.1. The molecule has 0 atom stereocenters. The van der Waals surface area contributed by atoms with E-state index in [1.54, 1.807) is 31.0 Å². The number of nitrogens with zero attached hydrogens (tertiary/aromatic N) is 3. The normalized spacial score (nSPS) is 14.1. The first-order valence-electron chi connectivity index (χ1n) is 11.0. The summed E-state index contributed by atoms with van der Waals surface area (Å²) in [6.45, 7) is 3.93. The smallest absolute Gasteiger partial charge is 0.337 e. The second kappa shape index (κ2) is 10.7. The molecule has 1 aromatic heterocycles. The molecule has 10 heteroatoms. The third-order valence-corrected chi connectivity index (χ3v) is 6.57. The molecule has 0 aliphatic carbocycles. The van der Waals surface area contributed by atoms with E-state index in [0.717, 1.165) is 34.1 Å². The minimum Gasteiger partial charge on any atom is -0.497 e. The molecule has 0 saturated heterocycles. The van der Waals surface area contributed by atoms with Crippen LogP contribution in [0, 0.1) is 13.8 Å². The van der Waals surface area contributed by atoms with E-state index in [2.05, 4.69) is 15.5 Å². The predicted octanol–water partition coefficient (Wildman–Crippen LogP) is 4.40. The molecule has 0 saturated carbocycles. The lowest BCUT2D eigenvalue weighted by molar-refractivity contribution is 0.0599. The Morgan fingerprint density at radius 2 is 1.61 bits per heavy atom. The minimum absolute atomic E-state index is 0.260. The Labute approximate surface area is 213 Å². The number of ether oxygens (including phenoxy) is 3. The maximum atomic E-state index is 12.2. The summed E-state index contributed by atoms with van der Waals surface area (Å²) in [5.74, 6) is 0.327. The van der Waals surface area contributed by atoms with Crippen LogP contribution in [0.2, 0.25) is 0 Å². The number of aromatic nitrogens is 1. The lowest BCUT2D eigenvalue weighted by atomic mass is 10.1. The van der Waals surface area contributed by atoms with Crippen LogP contribution in [0.15, 0.2) is 58.6 Å². The number of aryl methyl sites for hydroxylation is 1. The number of carbonyl (C=O) groups excluding carboxylic acids is 2. The quantitative estimate of drug-likeness (QED) is 0.494. The Bertz CT molecular complexity index is 1340. The van der Waals surface area contributed by atoms with Crippen LogP contribution in [0.5, 0.6) is 5.75 Å². The van der Waals surface area contributed by atoms with Crippen molar-refractivity contribution in [1.82, 2.24) is 9.99 Å². The molecule has 0 bridgehead atoms. The number of aliphatic imine (C=N–C) groups is 1. The molecule has 0 amide bonds. The van der Waals surface area contributed by atoms with Crippen molar-refractivity contribution in [2.75, 3.05) is 27.1 Å². The molecule has 186 valence electrons. The van der Waals surface area contributed by atoms with Gasteiger partial charge in [-0.1, -0.05) is 11.8 Å². The van der Waals surface area contributed by atoms with E-state index >= 15 is 0 Å². The molecular formula is C26H26N4O5S. The second-order valence-electron chi connectivity index (χ2n) is 7.95. The summed E-state index contributed by atoms with van der Waals surface area (Å²) in [6.07, 6.45) is 0. The Hall–Kier alpha value is -4.05. The zero-order valence-corrected chi connectivity index (χ0v) is 21.4. The predicted molar refractivity (Wildman–Crippen MR) is 140 cm³/mol. The summed E-state index contributed by atoms with van der Waals surface area (Å²) in [6, 6.07) is 14.4. The zero-order valence-electron chi connectivity index (χ0n) is 20.6. The van der Waals surface area contributed by atoms with Crippen molar-refractivity contribution in [3.63, 3.8) is 0 Å². The van der Waals surface area contributed by atoms with Crippen molar-refractivity contribution in [1.29, 1.82) is 0 Å². The summed E-state index contributed by atoms with van der Waals surface area (Å²) in [5.41, 5.74) is 8.68. The van der Waals surface area contributed by atoms with Crippen LogP contribution in [0.25, 0.3) is 5.69 Å². The van der Waals surface area contributed by atoms with E-state index < -0.39 is 11.9 Å². The number of benzene rings is 2. The van der Waals surface area contributed by atoms with E-state index in [4.69, 9.17) is 14.2 Å². The van der Waals surface area contributed by atoms with Crippen LogP contribution < -0.4 is 10.2 Å². The molecule has 2 aromatic carbocycles. The van der Waals surface area contributed by atoms with Crippen LogP contribution in [0.1, 0.15) is 37.7 Å². The highest BCUT2D eigenvalue weighted by Gasteiger charge is 2.21. The van der Waals surface area contributed by atoms with Crippen LogP contribution in [0.3, 0.4) is 0 Å². The number of methoxy groups -OCH3 is 3. The van der Waals surface area contributed by atoms with Gasteiger partial charge >= 0.3 is 11.9 Å². The number of hydrazone groups is 1. The first-order chi connectivity index (χ1) is 17.3. The van der Waals surface area contributed by atoms with Gasteiger partial charge in [-0.05, 0) is 62.4 Å². The maximum Gasteiger partial charge on any atom is 0.337 e. The highest BCUT2D eigenvalue weighted by atomic mass is 32.2. The monoisotopic (exact) mass is 506 g/mol. The van der Waals surface area contributed by atoms with E-state index in [1.807, 2.05) is 48.7 Å². The van der Waals surface area contributed by atoms with Gasteiger partial charge in [0.15, 0.2) is 5.17 Å². The number of hydrogen-bond donors (Lipinski definition) is 1. The third kappa shape index (κ3) is 5.13. The topological polar surface area (TPSA) is 104 Å². The second-order valence-corrected chi connectivity index (χ2v) is 8.91. The number of hydrogen-bond acceptors (Lipinski definition) is 8. The SMILES string of the molecule is COC(=O)c1cc(C(=O)OC)cc(-n2c(C)cc(C3=NNC(=Nc4ccc(OC)cc4)SC3)c2C)c1. The number of rotatable bonds is 6. The Morgan fingerprint density at radius 3 is 2.14 bits per heavy atom. The number of nitrogens with one attached hydrogen (secondary N) is 1. The van der Waals surface area contributed by atoms with Gasteiger partial charge in [-0.25, -0.2) is 14.6 Å². The van der Waals surface area contributed by atoms with Gasteiger partial charge in [0.05, 0.1) is 43.9 Å². The molecule has 36 heavy (non-hydrogen) atoms. The highest BCUT2D eigenvalue weighted by Crippen LogP contribution is 2.27. The van der Waals surface area contributed by atoms with Gasteiger partial charge < -0.3 is 18.8 Å². The minimum atomic E-state index is -0.536. The lowest BCUT2D eigenvalue weighted by Gasteiger charge is -2.16. The summed E-state index contributed by atoms with van der Waals surface area (Å²) < 4.78 is 16.9. The van der Waals surface area contributed by atoms with E-state index in [1.165, 1.54) is 20.3 Å². The summed E-state index contributed by atoms with van der Waals surface area (Å²) >= 11 is 1.55. The van der Waals surface area contributed by atoms with E-state index in [9.17, 15) is 9.59 Å². The number of thioether (sulfide) groups is 1. The average molecular weight is 507 g/mol. The van der Waals surface area contributed by atoms with Gasteiger partial charge in [-0.2, -0.15) is 5.10 Å². The number of esters is 2. The molecule has 1 N–H and O–H groups in total. The molecule has 0 unspecified atom stereocenters. The lowest BCUT2D eigenvalue weighted by Crippen LogP contribution is -2.25. The summed E-state index contributed by atoms with van der Waals surface area (Å²) in [5, 5.41) is 5.27. The molecule has 1 aliphatic rings. The van der Waals surface area contributed by atoms with Crippen molar-refractivity contribution >= 4 is 40.3 Å². The molecule has 0 radical (unpaired) electrons. The molecule has 3 aromatic rings. The first kappa shape index (κ1) is 25.1. The highest BCUT2D eigenvalue weighted by molar-refractivity contribution is 8.14. The average Bonchev–Trinajstić information content (AvgIpc) is 3.21. The van der Waals surface area contributed by atoms with Crippen LogP contribution in [-0.4, -0.2) is 54.5 Å².